The number of cyclic esters (lactones) is 2. The third kappa shape index (κ3) is 3.78. The number of ether oxygens (including phenoxy) is 2. The predicted molar refractivity (Wildman–Crippen MR) is 95.4 cm³/mol. The van der Waals surface area contributed by atoms with E-state index in [1.54, 1.807) is 12.1 Å². The molecule has 24 heavy (non-hydrogen) atoms. The highest BCUT2D eigenvalue weighted by Gasteiger charge is 2.39. The zero-order valence-electron chi connectivity index (χ0n) is 13.0. The number of benzene rings is 1. The van der Waals surface area contributed by atoms with Crippen molar-refractivity contribution >= 4 is 52.2 Å². The van der Waals surface area contributed by atoms with E-state index in [0.29, 0.717) is 11.6 Å². The summed E-state index contributed by atoms with van der Waals surface area (Å²) in [6.45, 7) is 2.99. The molecule has 1 fully saturated rings. The Morgan fingerprint density at radius 2 is 1.62 bits per heavy atom. The van der Waals surface area contributed by atoms with Crippen molar-refractivity contribution in [1.82, 2.24) is 0 Å². The van der Waals surface area contributed by atoms with Crippen LogP contribution in [0.15, 0.2) is 46.4 Å². The summed E-state index contributed by atoms with van der Waals surface area (Å²) < 4.78 is 16.8. The molecule has 2 heterocycles. The third-order valence-electron chi connectivity index (χ3n) is 3.14. The molecule has 0 unspecified atom stereocenters. The maximum absolute atomic E-state index is 11.9. The monoisotopic (exact) mass is 439 g/mol. The average molecular weight is 439 g/mol. The van der Waals surface area contributed by atoms with Gasteiger partial charge in [-0.15, -0.1) is 0 Å². The third-order valence-corrected chi connectivity index (χ3v) is 3.86. The van der Waals surface area contributed by atoms with E-state index in [0.717, 1.165) is 9.26 Å². The second-order valence-electron chi connectivity index (χ2n) is 5.57. The van der Waals surface area contributed by atoms with E-state index in [9.17, 15) is 9.59 Å². The van der Waals surface area contributed by atoms with Crippen molar-refractivity contribution in [3.63, 3.8) is 0 Å². The first-order valence-electron chi connectivity index (χ1n) is 7.13. The van der Waals surface area contributed by atoms with Gasteiger partial charge in [0.2, 0.25) is 0 Å². The van der Waals surface area contributed by atoms with Crippen LogP contribution in [0.5, 0.6) is 0 Å². The van der Waals surface area contributed by atoms with Gasteiger partial charge in [-0.3, -0.25) is 0 Å². The van der Waals surface area contributed by atoms with Crippen LogP contribution in [-0.2, 0) is 19.1 Å². The molecule has 3 rings (SSSR count). The van der Waals surface area contributed by atoms with Crippen molar-refractivity contribution < 1.29 is 23.5 Å². The Morgan fingerprint density at radius 1 is 1.00 bits per heavy atom. The second-order valence-corrected chi connectivity index (χ2v) is 6.82. The van der Waals surface area contributed by atoms with E-state index in [4.69, 9.17) is 13.9 Å². The summed E-state index contributed by atoms with van der Waals surface area (Å²) in [7, 11) is 0. The Morgan fingerprint density at radius 3 is 2.25 bits per heavy atom. The van der Waals surface area contributed by atoms with Crippen LogP contribution in [0.3, 0.4) is 0 Å². The first-order valence-corrected chi connectivity index (χ1v) is 8.21. The van der Waals surface area contributed by atoms with Gasteiger partial charge < -0.3 is 19.2 Å². The fourth-order valence-corrected chi connectivity index (χ4v) is 2.45. The normalized spacial score (nSPS) is 16.4. The molecular weight excluding hydrogens is 425 g/mol. The number of hydrogen-bond acceptors (Lipinski definition) is 6. The van der Waals surface area contributed by atoms with E-state index in [2.05, 4.69) is 27.9 Å². The molecule has 1 aliphatic heterocycles. The number of carbonyl (C=O) groups is 2. The van der Waals surface area contributed by atoms with Gasteiger partial charge in [-0.1, -0.05) is 0 Å². The minimum Gasteiger partial charge on any atom is -0.441 e. The summed E-state index contributed by atoms with van der Waals surface area (Å²) in [4.78, 5) is 23.8. The number of carbonyl (C=O) groups excluding carboxylic acids is 2. The summed E-state index contributed by atoms with van der Waals surface area (Å²) >= 11 is 2.22. The second kappa shape index (κ2) is 6.31. The molecule has 0 spiro atoms. The molecule has 0 saturated carbocycles. The number of furan rings is 1. The van der Waals surface area contributed by atoms with E-state index in [-0.39, 0.29) is 5.57 Å². The highest BCUT2D eigenvalue weighted by atomic mass is 127. The molecule has 124 valence electrons. The highest BCUT2D eigenvalue weighted by molar-refractivity contribution is 14.1. The molecular formula is C17H14INO5. The Hall–Kier alpha value is -2.29. The summed E-state index contributed by atoms with van der Waals surface area (Å²) in [6.07, 6.45) is 1.30. The lowest BCUT2D eigenvalue weighted by atomic mass is 10.2. The summed E-state index contributed by atoms with van der Waals surface area (Å²) in [5, 5.41) is 3.09. The van der Waals surface area contributed by atoms with Gasteiger partial charge >= 0.3 is 11.9 Å². The Kier molecular flexibility index (Phi) is 4.35. The zero-order chi connectivity index (χ0) is 17.3. The smallest absolute Gasteiger partial charge is 0.348 e. The van der Waals surface area contributed by atoms with Gasteiger partial charge in [0, 0.05) is 35.2 Å². The molecule has 0 aliphatic carbocycles. The molecule has 7 heteroatoms. The van der Waals surface area contributed by atoms with Crippen molar-refractivity contribution in [3.05, 3.63) is 51.3 Å². The maximum Gasteiger partial charge on any atom is 0.348 e. The molecule has 1 aromatic carbocycles. The standard InChI is InChI=1S/C17H14INO5/c1-17(2)23-15(20)13(16(21)24-17)9-12-7-8-14(22-12)19-11-5-3-10(18)4-6-11/h3-9,19H,1-2H3. The van der Waals surface area contributed by atoms with Gasteiger partial charge in [0.15, 0.2) is 5.88 Å². The minimum atomic E-state index is -1.26. The van der Waals surface area contributed by atoms with Crippen LogP contribution in [0.4, 0.5) is 11.6 Å². The quantitative estimate of drug-likeness (QED) is 0.339. The molecule has 1 saturated heterocycles. The first-order chi connectivity index (χ1) is 11.3. The maximum atomic E-state index is 11.9. The molecule has 0 amide bonds. The van der Waals surface area contributed by atoms with Crippen LogP contribution in [0, 0.1) is 3.57 Å². The molecule has 0 bridgehead atoms. The molecule has 1 N–H and O–H groups in total. The Bertz CT molecular complexity index is 798. The van der Waals surface area contributed by atoms with Gasteiger partial charge in [0.05, 0.1) is 0 Å². The lowest BCUT2D eigenvalue weighted by Crippen LogP contribution is -2.41. The van der Waals surface area contributed by atoms with Crippen LogP contribution in [-0.4, -0.2) is 17.7 Å². The number of halogens is 1. The van der Waals surface area contributed by atoms with Crippen molar-refractivity contribution in [2.24, 2.45) is 0 Å². The van der Waals surface area contributed by atoms with E-state index in [1.165, 1.54) is 19.9 Å². The summed E-state index contributed by atoms with van der Waals surface area (Å²) in [6, 6.07) is 11.1. The zero-order valence-corrected chi connectivity index (χ0v) is 15.1. The van der Waals surface area contributed by atoms with Crippen molar-refractivity contribution in [1.29, 1.82) is 0 Å². The molecule has 0 atom stereocenters. The van der Waals surface area contributed by atoms with E-state index in [1.807, 2.05) is 24.3 Å². The molecule has 6 nitrogen and oxygen atoms in total. The number of anilines is 2. The SMILES string of the molecule is CC1(C)OC(=O)C(=Cc2ccc(Nc3ccc(I)cc3)o2)C(=O)O1. The van der Waals surface area contributed by atoms with Crippen molar-refractivity contribution in [2.75, 3.05) is 5.32 Å². The van der Waals surface area contributed by atoms with E-state index < -0.39 is 17.7 Å². The van der Waals surface area contributed by atoms with Crippen LogP contribution in [0.2, 0.25) is 0 Å². The molecule has 2 aromatic rings. The number of nitrogens with one attached hydrogen (secondary N) is 1. The lowest BCUT2D eigenvalue weighted by Gasteiger charge is -2.29. The molecule has 1 aromatic heterocycles. The Balaban J connectivity index is 1.77. The number of esters is 2. The minimum absolute atomic E-state index is 0.204. The van der Waals surface area contributed by atoms with Crippen molar-refractivity contribution in [2.45, 2.75) is 19.6 Å². The van der Waals surface area contributed by atoms with Crippen LogP contribution >= 0.6 is 22.6 Å². The fraction of sp³-hybridized carbons (Fsp3) is 0.176. The van der Waals surface area contributed by atoms with Gasteiger partial charge in [-0.25, -0.2) is 9.59 Å². The van der Waals surface area contributed by atoms with E-state index >= 15 is 0 Å². The summed E-state index contributed by atoms with van der Waals surface area (Å²) in [5.41, 5.74) is 0.659. The topological polar surface area (TPSA) is 77.8 Å². The van der Waals surface area contributed by atoms with Crippen molar-refractivity contribution in [3.8, 4) is 0 Å². The van der Waals surface area contributed by atoms with Crippen LogP contribution < -0.4 is 5.32 Å². The number of hydrogen-bond donors (Lipinski definition) is 1. The van der Waals surface area contributed by atoms with Gasteiger partial charge in [-0.2, -0.15) is 0 Å². The largest absolute Gasteiger partial charge is 0.441 e. The average Bonchev–Trinajstić information content (AvgIpc) is 2.92. The summed E-state index contributed by atoms with van der Waals surface area (Å²) in [5.74, 6) is -1.90. The Labute approximate surface area is 152 Å². The van der Waals surface area contributed by atoms with Gasteiger partial charge in [0.1, 0.15) is 11.3 Å². The number of rotatable bonds is 3. The lowest BCUT2D eigenvalue weighted by molar-refractivity contribution is -0.222. The first kappa shape index (κ1) is 16.6. The van der Waals surface area contributed by atoms with Gasteiger partial charge in [0.25, 0.3) is 5.79 Å². The van der Waals surface area contributed by atoms with Crippen LogP contribution in [0.1, 0.15) is 19.6 Å². The molecule has 1 aliphatic rings. The van der Waals surface area contributed by atoms with Crippen LogP contribution in [0.25, 0.3) is 6.08 Å². The molecule has 0 radical (unpaired) electrons. The van der Waals surface area contributed by atoms with Gasteiger partial charge in [-0.05, 0) is 52.9 Å². The fourth-order valence-electron chi connectivity index (χ4n) is 2.09. The predicted octanol–water partition coefficient (Wildman–Crippen LogP) is 3.85. The highest BCUT2D eigenvalue weighted by Crippen LogP contribution is 2.26.